The number of rotatable bonds is 3. The lowest BCUT2D eigenvalue weighted by Crippen LogP contribution is -2.50. The standard InChI is InChI=1S/C28H33FN6O3/c1-16-13-21-23(33-9-11-34(12-10-33)27(37)38-28(4,5)6)8-7-20(24(21)30-16)26(36)32-19-14-22(29)25-31-17(2)18(3)35(25)15-19/h7-8,13-15,30H,9-12H2,1-6H3,(H,32,36). The summed E-state index contributed by atoms with van der Waals surface area (Å²) in [5.74, 6) is -0.841. The van der Waals surface area contributed by atoms with Crippen molar-refractivity contribution in [2.24, 2.45) is 0 Å². The Morgan fingerprint density at radius 1 is 1.08 bits per heavy atom. The lowest BCUT2D eigenvalue weighted by atomic mass is 10.1. The van der Waals surface area contributed by atoms with Crippen molar-refractivity contribution < 1.29 is 18.7 Å². The number of imidazole rings is 1. The molecule has 1 aliphatic rings. The van der Waals surface area contributed by atoms with Gasteiger partial charge in [0, 0.05) is 60.9 Å². The van der Waals surface area contributed by atoms with Gasteiger partial charge < -0.3 is 24.8 Å². The smallest absolute Gasteiger partial charge is 0.410 e. The first-order valence-corrected chi connectivity index (χ1v) is 12.7. The Morgan fingerprint density at radius 3 is 2.47 bits per heavy atom. The second kappa shape index (κ2) is 9.34. The number of aromatic amines is 1. The molecule has 2 amide bonds. The van der Waals surface area contributed by atoms with Gasteiger partial charge in [0.15, 0.2) is 11.5 Å². The average molecular weight is 521 g/mol. The highest BCUT2D eigenvalue weighted by molar-refractivity contribution is 6.14. The molecule has 10 heteroatoms. The summed E-state index contributed by atoms with van der Waals surface area (Å²) in [4.78, 5) is 37.3. The Bertz CT molecular complexity index is 1560. The molecule has 0 spiro atoms. The van der Waals surface area contributed by atoms with Gasteiger partial charge in [-0.05, 0) is 59.7 Å². The molecule has 0 radical (unpaired) electrons. The highest BCUT2D eigenvalue weighted by Crippen LogP contribution is 2.32. The van der Waals surface area contributed by atoms with Gasteiger partial charge in [0.1, 0.15) is 5.60 Å². The molecule has 4 heterocycles. The number of aryl methyl sites for hydroxylation is 3. The number of nitrogens with one attached hydrogen (secondary N) is 2. The lowest BCUT2D eigenvalue weighted by molar-refractivity contribution is 0.0240. The van der Waals surface area contributed by atoms with Crippen LogP contribution in [-0.2, 0) is 4.74 Å². The number of halogens is 1. The molecule has 1 aliphatic heterocycles. The van der Waals surface area contributed by atoms with E-state index in [1.807, 2.05) is 53.7 Å². The van der Waals surface area contributed by atoms with E-state index in [0.29, 0.717) is 42.9 Å². The van der Waals surface area contributed by atoms with Gasteiger partial charge in [-0.15, -0.1) is 0 Å². The second-order valence-electron chi connectivity index (χ2n) is 10.8. The fraction of sp³-hybridized carbons (Fsp3) is 0.393. The summed E-state index contributed by atoms with van der Waals surface area (Å²) >= 11 is 0. The summed E-state index contributed by atoms with van der Waals surface area (Å²) in [6.45, 7) is 13.6. The molecule has 1 fully saturated rings. The minimum absolute atomic E-state index is 0.233. The van der Waals surface area contributed by atoms with Gasteiger partial charge in [-0.3, -0.25) is 9.20 Å². The molecule has 9 nitrogen and oxygen atoms in total. The maximum Gasteiger partial charge on any atom is 0.410 e. The van der Waals surface area contributed by atoms with Gasteiger partial charge in [-0.1, -0.05) is 0 Å². The predicted molar refractivity (Wildman–Crippen MR) is 146 cm³/mol. The molecule has 200 valence electrons. The van der Waals surface area contributed by atoms with Crippen molar-refractivity contribution in [2.45, 2.75) is 47.1 Å². The summed E-state index contributed by atoms with van der Waals surface area (Å²) in [6, 6.07) is 7.02. The van der Waals surface area contributed by atoms with Crippen molar-refractivity contribution in [3.05, 3.63) is 58.9 Å². The topological polar surface area (TPSA) is 95.0 Å². The van der Waals surface area contributed by atoms with Crippen LogP contribution in [0.4, 0.5) is 20.6 Å². The Labute approximate surface area is 220 Å². The number of pyridine rings is 1. The van der Waals surface area contributed by atoms with E-state index in [1.165, 1.54) is 6.07 Å². The van der Waals surface area contributed by atoms with E-state index in [1.54, 1.807) is 21.6 Å². The van der Waals surface area contributed by atoms with Crippen LogP contribution >= 0.6 is 0 Å². The lowest BCUT2D eigenvalue weighted by Gasteiger charge is -2.37. The number of amides is 2. The zero-order chi connectivity index (χ0) is 27.4. The van der Waals surface area contributed by atoms with Gasteiger partial charge in [-0.25, -0.2) is 14.2 Å². The van der Waals surface area contributed by atoms with Gasteiger partial charge in [-0.2, -0.15) is 0 Å². The summed E-state index contributed by atoms with van der Waals surface area (Å²) in [6.07, 6.45) is 1.38. The number of anilines is 2. The van der Waals surface area contributed by atoms with E-state index in [0.717, 1.165) is 28.2 Å². The number of nitrogens with zero attached hydrogens (tertiary/aromatic N) is 4. The second-order valence-corrected chi connectivity index (χ2v) is 10.8. The number of H-pyrrole nitrogens is 1. The third kappa shape index (κ3) is 4.78. The number of hydrogen-bond donors (Lipinski definition) is 2. The molecule has 0 aliphatic carbocycles. The van der Waals surface area contributed by atoms with Crippen molar-refractivity contribution >= 4 is 39.9 Å². The van der Waals surface area contributed by atoms with Crippen molar-refractivity contribution in [1.82, 2.24) is 19.3 Å². The normalized spacial score (nSPS) is 14.4. The number of ether oxygens (including phenoxy) is 1. The minimum Gasteiger partial charge on any atom is -0.444 e. The predicted octanol–water partition coefficient (Wildman–Crippen LogP) is 5.19. The van der Waals surface area contributed by atoms with Gasteiger partial charge in [0.2, 0.25) is 0 Å². The fourth-order valence-electron chi connectivity index (χ4n) is 4.86. The molecule has 2 N–H and O–H groups in total. The largest absolute Gasteiger partial charge is 0.444 e. The summed E-state index contributed by atoms with van der Waals surface area (Å²) < 4.78 is 21.8. The third-order valence-electron chi connectivity index (χ3n) is 6.83. The maximum absolute atomic E-state index is 14.7. The van der Waals surface area contributed by atoms with Crippen molar-refractivity contribution in [3.63, 3.8) is 0 Å². The van der Waals surface area contributed by atoms with E-state index in [9.17, 15) is 14.0 Å². The first-order chi connectivity index (χ1) is 17.9. The van der Waals surface area contributed by atoms with Crippen LogP contribution in [0.2, 0.25) is 0 Å². The van der Waals surface area contributed by atoms with Crippen LogP contribution in [0.5, 0.6) is 0 Å². The molecule has 1 aromatic carbocycles. The third-order valence-corrected chi connectivity index (χ3v) is 6.83. The van der Waals surface area contributed by atoms with Gasteiger partial charge in [0.05, 0.1) is 22.5 Å². The Kier molecular flexibility index (Phi) is 6.28. The van der Waals surface area contributed by atoms with Crippen LogP contribution < -0.4 is 10.2 Å². The number of benzene rings is 1. The van der Waals surface area contributed by atoms with Crippen LogP contribution in [0, 0.1) is 26.6 Å². The van der Waals surface area contributed by atoms with Crippen LogP contribution in [0.1, 0.15) is 48.2 Å². The number of hydrogen-bond acceptors (Lipinski definition) is 5. The molecule has 0 unspecified atom stereocenters. The van der Waals surface area contributed by atoms with Gasteiger partial charge in [0.25, 0.3) is 5.91 Å². The molecule has 0 atom stereocenters. The molecule has 38 heavy (non-hydrogen) atoms. The van der Waals surface area contributed by atoms with E-state index < -0.39 is 11.4 Å². The van der Waals surface area contributed by atoms with Crippen molar-refractivity contribution in [2.75, 3.05) is 36.4 Å². The Hall–Kier alpha value is -4.08. The SMILES string of the molecule is Cc1cc2c(N3CCN(C(=O)OC(C)(C)C)CC3)ccc(C(=O)Nc3cc(F)c4nc(C)c(C)n4c3)c2[nH]1. The highest BCUT2D eigenvalue weighted by atomic mass is 19.1. The van der Waals surface area contributed by atoms with E-state index in [2.05, 4.69) is 20.2 Å². The highest BCUT2D eigenvalue weighted by Gasteiger charge is 2.27. The molecule has 4 aromatic rings. The molecular weight excluding hydrogens is 487 g/mol. The summed E-state index contributed by atoms with van der Waals surface area (Å²) in [7, 11) is 0. The number of aromatic nitrogens is 3. The van der Waals surface area contributed by atoms with Crippen LogP contribution in [0.25, 0.3) is 16.6 Å². The number of fused-ring (bicyclic) bond motifs is 2. The minimum atomic E-state index is -0.534. The molecule has 1 saturated heterocycles. The fourth-order valence-corrected chi connectivity index (χ4v) is 4.86. The average Bonchev–Trinajstić information content (AvgIpc) is 3.37. The first-order valence-electron chi connectivity index (χ1n) is 12.7. The van der Waals surface area contributed by atoms with Crippen LogP contribution in [0.15, 0.2) is 30.5 Å². The number of carbonyl (C=O) groups is 2. The Balaban J connectivity index is 1.38. The molecule has 5 rings (SSSR count). The maximum atomic E-state index is 14.7. The van der Waals surface area contributed by atoms with E-state index in [-0.39, 0.29) is 17.6 Å². The van der Waals surface area contributed by atoms with E-state index in [4.69, 9.17) is 4.74 Å². The number of piperazine rings is 1. The molecule has 0 bridgehead atoms. The molecular formula is C28H33FN6O3. The summed E-state index contributed by atoms with van der Waals surface area (Å²) in [5.41, 5.74) is 4.68. The molecule has 0 saturated carbocycles. The van der Waals surface area contributed by atoms with Crippen molar-refractivity contribution in [1.29, 1.82) is 0 Å². The zero-order valence-electron chi connectivity index (χ0n) is 22.6. The number of carbonyl (C=O) groups excluding carboxylic acids is 2. The monoisotopic (exact) mass is 520 g/mol. The summed E-state index contributed by atoms with van der Waals surface area (Å²) in [5, 5.41) is 3.77. The Morgan fingerprint density at radius 2 is 1.79 bits per heavy atom. The van der Waals surface area contributed by atoms with Crippen molar-refractivity contribution in [3.8, 4) is 0 Å². The van der Waals surface area contributed by atoms with Gasteiger partial charge >= 0.3 is 6.09 Å². The molecule has 3 aromatic heterocycles. The quantitative estimate of drug-likeness (QED) is 0.388. The van der Waals surface area contributed by atoms with Crippen LogP contribution in [0.3, 0.4) is 0 Å². The van der Waals surface area contributed by atoms with Crippen LogP contribution in [-0.4, -0.2) is 63.0 Å². The van der Waals surface area contributed by atoms with E-state index >= 15 is 0 Å². The zero-order valence-corrected chi connectivity index (χ0v) is 22.6. The first kappa shape index (κ1) is 25.6.